The quantitative estimate of drug-likeness (QED) is 0.869. The average molecular weight is 372 g/mol. The number of para-hydroxylation sites is 1. The van der Waals surface area contributed by atoms with Crippen LogP contribution in [0.15, 0.2) is 53.0 Å². The zero-order chi connectivity index (χ0) is 16.8. The number of nitriles is 1. The van der Waals surface area contributed by atoms with Gasteiger partial charge in [0, 0.05) is 11.0 Å². The van der Waals surface area contributed by atoms with Crippen LogP contribution in [0.2, 0.25) is 0 Å². The lowest BCUT2D eigenvalue weighted by atomic mass is 10.1. The lowest BCUT2D eigenvalue weighted by Crippen LogP contribution is -2.39. The van der Waals surface area contributed by atoms with Crippen LogP contribution in [0.3, 0.4) is 0 Å². The molecule has 0 bridgehead atoms. The molecule has 118 valence electrons. The van der Waals surface area contributed by atoms with Gasteiger partial charge in [-0.05, 0) is 43.8 Å². The van der Waals surface area contributed by atoms with Crippen LogP contribution in [-0.4, -0.2) is 23.9 Å². The Balaban J connectivity index is 2.01. The molecule has 0 radical (unpaired) electrons. The number of likely N-dealkylation sites (N-methyl/N-ethyl adjacent to an activating group) is 1. The van der Waals surface area contributed by atoms with Crippen LogP contribution in [-0.2, 0) is 11.3 Å². The largest absolute Gasteiger partial charge is 0.324 e. The highest BCUT2D eigenvalue weighted by molar-refractivity contribution is 9.10. The Hall–Kier alpha value is -2.16. The van der Waals surface area contributed by atoms with E-state index in [2.05, 4.69) is 27.3 Å². The number of carbonyl (C=O) groups excluding carboxylic acids is 1. The predicted molar refractivity (Wildman–Crippen MR) is 94.9 cm³/mol. The number of benzene rings is 2. The number of nitrogens with one attached hydrogen (secondary N) is 1. The molecule has 0 spiro atoms. The van der Waals surface area contributed by atoms with E-state index in [0.717, 1.165) is 10.0 Å². The fourth-order valence-corrected chi connectivity index (χ4v) is 2.41. The van der Waals surface area contributed by atoms with E-state index in [9.17, 15) is 4.79 Å². The maximum Gasteiger partial charge on any atom is 0.241 e. The normalized spacial score (nSPS) is 11.8. The van der Waals surface area contributed by atoms with E-state index in [-0.39, 0.29) is 11.9 Å². The Labute approximate surface area is 144 Å². The highest BCUT2D eigenvalue weighted by Gasteiger charge is 2.19. The molecule has 0 aliphatic carbocycles. The summed E-state index contributed by atoms with van der Waals surface area (Å²) in [5, 5.41) is 11.9. The number of hydrogen-bond donors (Lipinski definition) is 1. The second-order valence-corrected chi connectivity index (χ2v) is 6.28. The number of nitrogens with zero attached hydrogens (tertiary/aromatic N) is 2. The molecule has 5 heteroatoms. The molecule has 1 amide bonds. The van der Waals surface area contributed by atoms with Gasteiger partial charge in [0.25, 0.3) is 0 Å². The van der Waals surface area contributed by atoms with Crippen molar-refractivity contribution in [2.75, 3.05) is 12.4 Å². The van der Waals surface area contributed by atoms with E-state index >= 15 is 0 Å². The molecular weight excluding hydrogens is 354 g/mol. The molecular formula is C18H18BrN3O. The average Bonchev–Trinajstić information content (AvgIpc) is 2.56. The number of rotatable bonds is 5. The summed E-state index contributed by atoms with van der Waals surface area (Å²) in [6, 6.07) is 16.8. The molecule has 23 heavy (non-hydrogen) atoms. The fraction of sp³-hybridized carbons (Fsp3) is 0.222. The molecule has 2 rings (SSSR count). The van der Waals surface area contributed by atoms with E-state index in [4.69, 9.17) is 5.26 Å². The summed E-state index contributed by atoms with van der Waals surface area (Å²) in [5.74, 6) is -0.132. The molecule has 0 aliphatic heterocycles. The Morgan fingerprint density at radius 2 is 1.91 bits per heavy atom. The molecule has 2 aromatic carbocycles. The summed E-state index contributed by atoms with van der Waals surface area (Å²) in [5.41, 5.74) is 2.14. The highest BCUT2D eigenvalue weighted by Crippen LogP contribution is 2.16. The van der Waals surface area contributed by atoms with Crippen molar-refractivity contribution >= 4 is 27.5 Å². The Bertz CT molecular complexity index is 722. The minimum absolute atomic E-state index is 0.132. The van der Waals surface area contributed by atoms with Gasteiger partial charge in [0.2, 0.25) is 5.91 Å². The monoisotopic (exact) mass is 371 g/mol. The molecule has 4 nitrogen and oxygen atoms in total. The first-order valence-electron chi connectivity index (χ1n) is 7.26. The Kier molecular flexibility index (Phi) is 5.91. The summed E-state index contributed by atoms with van der Waals surface area (Å²) < 4.78 is 1.03. The number of halogens is 1. The molecule has 1 unspecified atom stereocenters. The van der Waals surface area contributed by atoms with Crippen LogP contribution in [0.4, 0.5) is 5.69 Å². The van der Waals surface area contributed by atoms with Gasteiger partial charge in [-0.25, -0.2) is 0 Å². The van der Waals surface area contributed by atoms with Crippen molar-refractivity contribution in [3.8, 4) is 6.07 Å². The second kappa shape index (κ2) is 7.91. The molecule has 0 heterocycles. The Morgan fingerprint density at radius 1 is 1.26 bits per heavy atom. The zero-order valence-electron chi connectivity index (χ0n) is 13.1. The molecule has 0 fully saturated rings. The topological polar surface area (TPSA) is 56.1 Å². The first-order chi connectivity index (χ1) is 11.0. The number of anilines is 1. The molecule has 0 saturated heterocycles. The van der Waals surface area contributed by atoms with Crippen molar-refractivity contribution in [1.29, 1.82) is 5.26 Å². The Morgan fingerprint density at radius 3 is 2.57 bits per heavy atom. The van der Waals surface area contributed by atoms with Gasteiger partial charge in [-0.2, -0.15) is 5.26 Å². The number of hydrogen-bond acceptors (Lipinski definition) is 3. The number of amides is 1. The minimum atomic E-state index is -0.314. The zero-order valence-corrected chi connectivity index (χ0v) is 14.7. The molecule has 0 aliphatic rings. The lowest BCUT2D eigenvalue weighted by Gasteiger charge is -2.24. The van der Waals surface area contributed by atoms with E-state index in [1.165, 1.54) is 0 Å². The maximum absolute atomic E-state index is 12.4. The van der Waals surface area contributed by atoms with Crippen molar-refractivity contribution in [3.63, 3.8) is 0 Å². The summed E-state index contributed by atoms with van der Waals surface area (Å²) in [7, 11) is 1.91. The van der Waals surface area contributed by atoms with Gasteiger partial charge in [0.05, 0.1) is 17.3 Å². The third kappa shape index (κ3) is 4.65. The van der Waals surface area contributed by atoms with E-state index in [0.29, 0.717) is 17.8 Å². The van der Waals surface area contributed by atoms with Crippen molar-refractivity contribution < 1.29 is 4.79 Å². The standard InChI is InChI=1S/C18H18BrN3O/c1-13(22(2)12-14-7-9-16(19)10-8-14)18(23)21-17-6-4-3-5-15(17)11-20/h3-10,13H,12H2,1-2H3,(H,21,23). The maximum atomic E-state index is 12.4. The van der Waals surface area contributed by atoms with Gasteiger partial charge in [0.15, 0.2) is 0 Å². The van der Waals surface area contributed by atoms with Crippen LogP contribution < -0.4 is 5.32 Å². The van der Waals surface area contributed by atoms with Crippen molar-refractivity contribution in [2.45, 2.75) is 19.5 Å². The first-order valence-corrected chi connectivity index (χ1v) is 8.05. The van der Waals surface area contributed by atoms with E-state index in [1.807, 2.05) is 43.1 Å². The third-order valence-electron chi connectivity index (χ3n) is 3.69. The van der Waals surface area contributed by atoms with Crippen LogP contribution in [0, 0.1) is 11.3 Å². The smallest absolute Gasteiger partial charge is 0.241 e. The second-order valence-electron chi connectivity index (χ2n) is 5.36. The van der Waals surface area contributed by atoms with Crippen LogP contribution in [0.25, 0.3) is 0 Å². The third-order valence-corrected chi connectivity index (χ3v) is 4.22. The van der Waals surface area contributed by atoms with Crippen LogP contribution in [0.1, 0.15) is 18.1 Å². The van der Waals surface area contributed by atoms with Crippen LogP contribution >= 0.6 is 15.9 Å². The van der Waals surface area contributed by atoms with E-state index in [1.54, 1.807) is 24.3 Å². The summed E-state index contributed by atoms with van der Waals surface area (Å²) >= 11 is 3.41. The summed E-state index contributed by atoms with van der Waals surface area (Å²) in [4.78, 5) is 14.4. The molecule has 1 N–H and O–H groups in total. The fourth-order valence-electron chi connectivity index (χ4n) is 2.14. The van der Waals surface area contributed by atoms with Gasteiger partial charge < -0.3 is 5.32 Å². The first kappa shape index (κ1) is 17.2. The van der Waals surface area contributed by atoms with Crippen molar-refractivity contribution in [3.05, 3.63) is 64.1 Å². The predicted octanol–water partition coefficient (Wildman–Crippen LogP) is 3.78. The molecule has 0 aromatic heterocycles. The van der Waals surface area contributed by atoms with Gasteiger partial charge in [0.1, 0.15) is 6.07 Å². The molecule has 2 aromatic rings. The van der Waals surface area contributed by atoms with Gasteiger partial charge in [-0.3, -0.25) is 9.69 Å². The molecule has 0 saturated carbocycles. The SMILES string of the molecule is CC(C(=O)Nc1ccccc1C#N)N(C)Cc1ccc(Br)cc1. The number of carbonyl (C=O) groups is 1. The summed E-state index contributed by atoms with van der Waals surface area (Å²) in [6.07, 6.45) is 0. The van der Waals surface area contributed by atoms with Gasteiger partial charge in [-0.15, -0.1) is 0 Å². The minimum Gasteiger partial charge on any atom is -0.324 e. The molecule has 1 atom stereocenters. The van der Waals surface area contributed by atoms with Crippen LogP contribution in [0.5, 0.6) is 0 Å². The summed E-state index contributed by atoms with van der Waals surface area (Å²) in [6.45, 7) is 2.52. The van der Waals surface area contributed by atoms with Gasteiger partial charge in [-0.1, -0.05) is 40.2 Å². The van der Waals surface area contributed by atoms with Gasteiger partial charge >= 0.3 is 0 Å². The van der Waals surface area contributed by atoms with Crippen molar-refractivity contribution in [2.24, 2.45) is 0 Å². The highest BCUT2D eigenvalue weighted by atomic mass is 79.9. The van der Waals surface area contributed by atoms with E-state index < -0.39 is 0 Å². The van der Waals surface area contributed by atoms with Crippen molar-refractivity contribution in [1.82, 2.24) is 4.90 Å². The lowest BCUT2D eigenvalue weighted by molar-refractivity contribution is -0.120.